The fourth-order valence-electron chi connectivity index (χ4n) is 7.49. The van der Waals surface area contributed by atoms with E-state index in [1.54, 1.807) is 0 Å². The molecule has 0 saturated carbocycles. The maximum atomic E-state index is 12.9. The van der Waals surface area contributed by atoms with Gasteiger partial charge < -0.3 is 89.9 Å². The van der Waals surface area contributed by atoms with E-state index in [1.807, 2.05) is 6.92 Å². The second kappa shape index (κ2) is 27.0. The minimum Gasteiger partial charge on any atom is -0.394 e. The van der Waals surface area contributed by atoms with Crippen LogP contribution in [0.1, 0.15) is 110 Å². The van der Waals surface area contributed by atoms with Gasteiger partial charge in [0.15, 0.2) is 18.9 Å². The van der Waals surface area contributed by atoms with E-state index in [-0.39, 0.29) is 18.9 Å². The number of carbonyl (C=O) groups is 1. The highest BCUT2D eigenvalue weighted by atomic mass is 16.8. The predicted molar refractivity (Wildman–Crippen MR) is 204 cm³/mol. The summed E-state index contributed by atoms with van der Waals surface area (Å²) in [6, 6.07) is -0.872. The molecular weight excluding hydrogens is 770 g/mol. The third-order valence-corrected chi connectivity index (χ3v) is 11.2. The minimum absolute atomic E-state index is 0.259. The topological polar surface area (TPSA) is 307 Å². The Labute approximate surface area is 341 Å². The van der Waals surface area contributed by atoms with Crippen molar-refractivity contribution < 1.29 is 89.4 Å². The monoisotopic (exact) mass is 843 g/mol. The lowest BCUT2D eigenvalue weighted by Gasteiger charge is -2.48. The molecule has 3 aliphatic rings. The lowest BCUT2D eigenvalue weighted by Crippen LogP contribution is -2.66. The first-order valence-corrected chi connectivity index (χ1v) is 21.3. The van der Waals surface area contributed by atoms with Gasteiger partial charge in [0, 0.05) is 6.42 Å². The van der Waals surface area contributed by atoms with Gasteiger partial charge in [0.25, 0.3) is 0 Å². The average Bonchev–Trinajstić information content (AvgIpc) is 3.21. The molecule has 0 aromatic rings. The highest BCUT2D eigenvalue weighted by Gasteiger charge is 2.53. The van der Waals surface area contributed by atoms with Gasteiger partial charge in [-0.15, -0.1) is 0 Å². The molecule has 0 spiro atoms. The largest absolute Gasteiger partial charge is 0.394 e. The van der Waals surface area contributed by atoms with Crippen molar-refractivity contribution in [2.75, 3.05) is 26.4 Å². The molecule has 3 heterocycles. The number of ether oxygens (including phenoxy) is 6. The van der Waals surface area contributed by atoms with E-state index in [2.05, 4.69) is 12.2 Å². The fourth-order valence-corrected chi connectivity index (χ4v) is 7.49. The number of rotatable bonds is 27. The molecular formula is C39H73NO18. The highest BCUT2D eigenvalue weighted by Crippen LogP contribution is 2.33. The van der Waals surface area contributed by atoms with Crippen LogP contribution in [0, 0.1) is 0 Å². The van der Waals surface area contributed by atoms with E-state index >= 15 is 0 Å². The standard InChI is InChI=1S/C39H73NO18/c1-3-5-7-8-9-10-11-12-13-15-17-27(45)40-22(23(44)16-14-6-4-2)21-53-37-33(51)30(48)35(25(19-42)55-37)58-39-34(52)31(49)36(26(20-43)56-39)57-38-32(50)29(47)28(46)24(18-41)54-38/h22-26,28-39,41-44,46-52H,3-21H2,1-2H3,(H,40,45). The van der Waals surface area contributed by atoms with Crippen LogP contribution < -0.4 is 5.32 Å². The Balaban J connectivity index is 1.57. The summed E-state index contributed by atoms with van der Waals surface area (Å²) in [5, 5.41) is 118. The lowest BCUT2D eigenvalue weighted by molar-refractivity contribution is -0.379. The molecule has 0 bridgehead atoms. The number of hydrogen-bond donors (Lipinski definition) is 12. The Morgan fingerprint density at radius 3 is 1.50 bits per heavy atom. The Morgan fingerprint density at radius 2 is 0.983 bits per heavy atom. The Bertz CT molecular complexity index is 1110. The maximum Gasteiger partial charge on any atom is 0.220 e. The van der Waals surface area contributed by atoms with Crippen LogP contribution in [-0.2, 0) is 33.2 Å². The molecule has 12 N–H and O–H groups in total. The zero-order valence-corrected chi connectivity index (χ0v) is 34.0. The quantitative estimate of drug-likeness (QED) is 0.0406. The second-order valence-electron chi connectivity index (χ2n) is 15.8. The van der Waals surface area contributed by atoms with Gasteiger partial charge in [0.05, 0.1) is 38.6 Å². The molecule has 0 radical (unpaired) electrons. The van der Waals surface area contributed by atoms with Crippen LogP contribution in [0.3, 0.4) is 0 Å². The first kappa shape index (κ1) is 51.1. The molecule has 0 aliphatic carbocycles. The third-order valence-electron chi connectivity index (χ3n) is 11.2. The normalized spacial score (nSPS) is 36.7. The zero-order valence-electron chi connectivity index (χ0n) is 34.0. The first-order chi connectivity index (χ1) is 27.8. The minimum atomic E-state index is -1.96. The van der Waals surface area contributed by atoms with E-state index < -0.39 is 124 Å². The van der Waals surface area contributed by atoms with Gasteiger partial charge in [0.1, 0.15) is 73.2 Å². The van der Waals surface area contributed by atoms with Gasteiger partial charge in [0.2, 0.25) is 5.91 Å². The van der Waals surface area contributed by atoms with Crippen LogP contribution in [0.4, 0.5) is 0 Å². The van der Waals surface area contributed by atoms with Gasteiger partial charge >= 0.3 is 0 Å². The van der Waals surface area contributed by atoms with Crippen LogP contribution in [0.25, 0.3) is 0 Å². The molecule has 0 aromatic heterocycles. The number of amides is 1. The number of aliphatic hydroxyl groups is 11. The third kappa shape index (κ3) is 15.0. The molecule has 3 saturated heterocycles. The van der Waals surface area contributed by atoms with Gasteiger partial charge in [-0.3, -0.25) is 4.79 Å². The van der Waals surface area contributed by atoms with Gasteiger partial charge in [-0.1, -0.05) is 90.9 Å². The van der Waals surface area contributed by atoms with Gasteiger partial charge in [-0.05, 0) is 12.8 Å². The first-order valence-electron chi connectivity index (χ1n) is 21.3. The van der Waals surface area contributed by atoms with Crippen LogP contribution in [0.5, 0.6) is 0 Å². The molecule has 3 aliphatic heterocycles. The Kier molecular flexibility index (Phi) is 23.8. The van der Waals surface area contributed by atoms with E-state index in [1.165, 1.54) is 38.5 Å². The lowest BCUT2D eigenvalue weighted by atomic mass is 9.96. The van der Waals surface area contributed by atoms with Crippen molar-refractivity contribution in [1.82, 2.24) is 5.32 Å². The Hall–Kier alpha value is -1.21. The summed E-state index contributed by atoms with van der Waals surface area (Å²) in [6.45, 7) is 1.52. The van der Waals surface area contributed by atoms with E-state index in [4.69, 9.17) is 28.4 Å². The molecule has 17 atom stereocenters. The molecule has 1 amide bonds. The fraction of sp³-hybridized carbons (Fsp3) is 0.974. The summed E-state index contributed by atoms with van der Waals surface area (Å²) in [6.07, 6.45) is -12.1. The average molecular weight is 844 g/mol. The molecule has 17 unspecified atom stereocenters. The van der Waals surface area contributed by atoms with Gasteiger partial charge in [-0.25, -0.2) is 0 Å². The van der Waals surface area contributed by atoms with Crippen LogP contribution in [-0.4, -0.2) is 193 Å². The predicted octanol–water partition coefficient (Wildman–Crippen LogP) is -1.81. The SMILES string of the molecule is CCCCCCCCCCCCC(=O)NC(COC1OC(CO)C(OC2OC(CO)C(OC3OC(CO)C(O)C(O)C3O)C(O)C2O)C(O)C1O)C(O)CCCCC. The second-order valence-corrected chi connectivity index (χ2v) is 15.8. The molecule has 3 fully saturated rings. The van der Waals surface area contributed by atoms with Gasteiger partial charge in [-0.2, -0.15) is 0 Å². The van der Waals surface area contributed by atoms with Crippen molar-refractivity contribution in [3.8, 4) is 0 Å². The van der Waals surface area contributed by atoms with E-state index in [0.29, 0.717) is 19.3 Å². The number of hydrogen-bond acceptors (Lipinski definition) is 18. The van der Waals surface area contributed by atoms with Crippen molar-refractivity contribution in [3.05, 3.63) is 0 Å². The summed E-state index contributed by atoms with van der Waals surface area (Å²) in [5.74, 6) is -0.259. The summed E-state index contributed by atoms with van der Waals surface area (Å²) >= 11 is 0. The van der Waals surface area contributed by atoms with Crippen molar-refractivity contribution in [1.29, 1.82) is 0 Å². The molecule has 19 nitrogen and oxygen atoms in total. The molecule has 342 valence electrons. The van der Waals surface area contributed by atoms with Crippen LogP contribution in [0.15, 0.2) is 0 Å². The van der Waals surface area contributed by atoms with Crippen molar-refractivity contribution in [2.45, 2.75) is 214 Å². The van der Waals surface area contributed by atoms with Crippen LogP contribution >= 0.6 is 0 Å². The summed E-state index contributed by atoms with van der Waals surface area (Å²) < 4.78 is 33.8. The summed E-state index contributed by atoms with van der Waals surface area (Å²) in [4.78, 5) is 12.9. The van der Waals surface area contributed by atoms with Crippen LogP contribution in [0.2, 0.25) is 0 Å². The summed E-state index contributed by atoms with van der Waals surface area (Å²) in [7, 11) is 0. The number of aliphatic hydroxyl groups excluding tert-OH is 11. The molecule has 58 heavy (non-hydrogen) atoms. The molecule has 3 rings (SSSR count). The van der Waals surface area contributed by atoms with E-state index in [9.17, 15) is 61.0 Å². The smallest absolute Gasteiger partial charge is 0.220 e. The highest BCUT2D eigenvalue weighted by molar-refractivity contribution is 5.76. The number of unbranched alkanes of at least 4 members (excludes halogenated alkanes) is 11. The van der Waals surface area contributed by atoms with Crippen molar-refractivity contribution in [3.63, 3.8) is 0 Å². The number of nitrogens with one attached hydrogen (secondary N) is 1. The maximum absolute atomic E-state index is 12.9. The van der Waals surface area contributed by atoms with Crippen molar-refractivity contribution >= 4 is 5.91 Å². The molecule has 0 aromatic carbocycles. The molecule has 19 heteroatoms. The zero-order chi connectivity index (χ0) is 42.8. The summed E-state index contributed by atoms with van der Waals surface area (Å²) in [5.41, 5.74) is 0. The van der Waals surface area contributed by atoms with E-state index in [0.717, 1.165) is 32.1 Å². The Morgan fingerprint density at radius 1 is 0.552 bits per heavy atom. The van der Waals surface area contributed by atoms with Crippen molar-refractivity contribution in [2.24, 2.45) is 0 Å². The number of carbonyl (C=O) groups excluding carboxylic acids is 1.